The SMILES string of the molecule is COc1cc(N2CCC(N3CCN(C)CC3)CC2)ccc1Nc1nc(C)nc(Nc2ccccc2S(C)(=O)=O)n1. The molecule has 3 heterocycles. The molecule has 2 aliphatic rings. The Kier molecular flexibility index (Phi) is 8.38. The van der Waals surface area contributed by atoms with Gasteiger partial charge in [0.15, 0.2) is 9.84 Å². The third-order valence-electron chi connectivity index (χ3n) is 7.60. The number of hydrogen-bond acceptors (Lipinski definition) is 11. The fourth-order valence-corrected chi connectivity index (χ4v) is 6.23. The van der Waals surface area contributed by atoms with Crippen molar-refractivity contribution >= 4 is 38.8 Å². The molecule has 1 aromatic heterocycles. The van der Waals surface area contributed by atoms with E-state index in [1.54, 1.807) is 38.3 Å². The Balaban J connectivity index is 1.28. The number of nitrogens with one attached hydrogen (secondary N) is 2. The number of anilines is 5. The molecule has 0 aliphatic carbocycles. The molecular weight excluding hydrogens is 528 g/mol. The first-order valence-electron chi connectivity index (χ1n) is 13.6. The number of likely N-dealkylation sites (N-methyl/N-ethyl adjacent to an activating group) is 1. The van der Waals surface area contributed by atoms with Crippen molar-refractivity contribution in [3.8, 4) is 5.75 Å². The largest absolute Gasteiger partial charge is 0.494 e. The van der Waals surface area contributed by atoms with E-state index < -0.39 is 9.84 Å². The summed E-state index contributed by atoms with van der Waals surface area (Å²) in [7, 11) is 0.420. The van der Waals surface area contributed by atoms with Crippen LogP contribution in [-0.4, -0.2) is 98.9 Å². The quantitative estimate of drug-likeness (QED) is 0.418. The highest BCUT2D eigenvalue weighted by Crippen LogP contribution is 2.33. The highest BCUT2D eigenvalue weighted by atomic mass is 32.2. The molecular formula is C28H38N8O3S. The van der Waals surface area contributed by atoms with Crippen LogP contribution in [0.2, 0.25) is 0 Å². The van der Waals surface area contributed by atoms with E-state index >= 15 is 0 Å². The lowest BCUT2D eigenvalue weighted by Gasteiger charge is -2.42. The number of benzene rings is 2. The zero-order valence-corrected chi connectivity index (χ0v) is 24.4. The number of piperazine rings is 1. The molecule has 0 radical (unpaired) electrons. The van der Waals surface area contributed by atoms with Gasteiger partial charge in [-0.2, -0.15) is 15.0 Å². The zero-order chi connectivity index (χ0) is 28.3. The van der Waals surface area contributed by atoms with Gasteiger partial charge in [-0.25, -0.2) is 8.42 Å². The van der Waals surface area contributed by atoms with Crippen molar-refractivity contribution in [2.45, 2.75) is 30.7 Å². The Morgan fingerprint density at radius 1 is 0.875 bits per heavy atom. The van der Waals surface area contributed by atoms with Gasteiger partial charge in [0.2, 0.25) is 11.9 Å². The second kappa shape index (κ2) is 11.9. The average Bonchev–Trinajstić information content (AvgIpc) is 2.93. The van der Waals surface area contributed by atoms with E-state index in [0.29, 0.717) is 29.3 Å². The molecule has 0 bridgehead atoms. The first-order valence-corrected chi connectivity index (χ1v) is 15.5. The minimum atomic E-state index is -3.43. The van der Waals surface area contributed by atoms with E-state index in [1.165, 1.54) is 6.26 Å². The van der Waals surface area contributed by atoms with Crippen LogP contribution in [0.4, 0.5) is 29.0 Å². The average molecular weight is 567 g/mol. The summed E-state index contributed by atoms with van der Waals surface area (Å²) in [6, 6.07) is 13.4. The summed E-state index contributed by atoms with van der Waals surface area (Å²) in [5, 5.41) is 6.28. The van der Waals surface area contributed by atoms with Crippen molar-refractivity contribution in [2.75, 3.05) is 75.2 Å². The first-order chi connectivity index (χ1) is 19.2. The van der Waals surface area contributed by atoms with Crippen LogP contribution < -0.4 is 20.3 Å². The summed E-state index contributed by atoms with van der Waals surface area (Å²) >= 11 is 0. The minimum absolute atomic E-state index is 0.174. The predicted octanol–water partition coefficient (Wildman–Crippen LogP) is 3.30. The van der Waals surface area contributed by atoms with Gasteiger partial charge in [0.05, 0.1) is 23.4 Å². The first kappa shape index (κ1) is 28.1. The lowest BCUT2D eigenvalue weighted by molar-refractivity contribution is 0.0982. The number of piperidine rings is 1. The Morgan fingerprint density at radius 2 is 1.52 bits per heavy atom. The van der Waals surface area contributed by atoms with Crippen molar-refractivity contribution in [2.24, 2.45) is 0 Å². The summed E-state index contributed by atoms with van der Waals surface area (Å²) in [5.74, 6) is 1.74. The number of aryl methyl sites for hydroxylation is 1. The smallest absolute Gasteiger partial charge is 0.232 e. The molecule has 0 spiro atoms. The molecule has 2 saturated heterocycles. The number of sulfone groups is 1. The number of para-hydroxylation sites is 1. The van der Waals surface area contributed by atoms with Crippen LogP contribution in [0.5, 0.6) is 5.75 Å². The molecule has 214 valence electrons. The molecule has 11 nitrogen and oxygen atoms in total. The van der Waals surface area contributed by atoms with Gasteiger partial charge in [-0.05, 0) is 51.1 Å². The second-order valence-electron chi connectivity index (χ2n) is 10.5. The van der Waals surface area contributed by atoms with Crippen LogP contribution in [0, 0.1) is 6.92 Å². The fourth-order valence-electron chi connectivity index (χ4n) is 5.38. The third kappa shape index (κ3) is 6.62. The van der Waals surface area contributed by atoms with Crippen LogP contribution in [0.3, 0.4) is 0 Å². The standard InChI is InChI=1S/C28H38N8O3S/c1-20-29-27(33-28(30-20)32-24-7-5-6-8-26(24)40(4,37)38)31-23-10-9-22(19-25(23)39-3)35-13-11-21(12-14-35)36-17-15-34(2)16-18-36/h5-10,19,21H,11-18H2,1-4H3,(H2,29,30,31,32,33). The number of hydrogen-bond donors (Lipinski definition) is 2. The van der Waals surface area contributed by atoms with E-state index in [9.17, 15) is 8.42 Å². The summed E-state index contributed by atoms with van der Waals surface area (Å²) < 4.78 is 30.1. The Morgan fingerprint density at radius 3 is 2.17 bits per heavy atom. The summed E-state index contributed by atoms with van der Waals surface area (Å²) in [6.45, 7) is 8.41. The predicted molar refractivity (Wildman–Crippen MR) is 158 cm³/mol. The topological polar surface area (TPSA) is 116 Å². The van der Waals surface area contributed by atoms with Crippen molar-refractivity contribution < 1.29 is 13.2 Å². The lowest BCUT2D eigenvalue weighted by atomic mass is 10.0. The number of ether oxygens (including phenoxy) is 1. The van der Waals surface area contributed by atoms with Gasteiger partial charge in [0, 0.05) is 63.3 Å². The van der Waals surface area contributed by atoms with Gasteiger partial charge in [-0.3, -0.25) is 4.90 Å². The van der Waals surface area contributed by atoms with Crippen molar-refractivity contribution in [1.29, 1.82) is 0 Å². The molecule has 2 N–H and O–H groups in total. The third-order valence-corrected chi connectivity index (χ3v) is 8.75. The number of aromatic nitrogens is 3. The van der Waals surface area contributed by atoms with E-state index in [-0.39, 0.29) is 10.8 Å². The maximum absolute atomic E-state index is 12.2. The minimum Gasteiger partial charge on any atom is -0.494 e. The van der Waals surface area contributed by atoms with Crippen molar-refractivity contribution in [1.82, 2.24) is 24.8 Å². The molecule has 2 fully saturated rings. The Labute approximate surface area is 236 Å². The summed E-state index contributed by atoms with van der Waals surface area (Å²) in [5.41, 5.74) is 2.26. The Bertz CT molecular complexity index is 1440. The molecule has 3 aromatic rings. The molecule has 0 amide bonds. The fraction of sp³-hybridized carbons (Fsp3) is 0.464. The summed E-state index contributed by atoms with van der Waals surface area (Å²) in [6.07, 6.45) is 3.49. The van der Waals surface area contributed by atoms with Gasteiger partial charge in [0.1, 0.15) is 11.6 Å². The molecule has 2 aliphatic heterocycles. The van der Waals surface area contributed by atoms with E-state index in [0.717, 1.165) is 63.5 Å². The normalized spacial score (nSPS) is 17.6. The molecule has 0 atom stereocenters. The molecule has 12 heteroatoms. The van der Waals surface area contributed by atoms with Crippen LogP contribution in [-0.2, 0) is 9.84 Å². The highest BCUT2D eigenvalue weighted by molar-refractivity contribution is 7.90. The van der Waals surface area contributed by atoms with Gasteiger partial charge in [-0.1, -0.05) is 12.1 Å². The van der Waals surface area contributed by atoms with Crippen LogP contribution in [0.1, 0.15) is 18.7 Å². The van der Waals surface area contributed by atoms with Gasteiger partial charge in [0.25, 0.3) is 0 Å². The van der Waals surface area contributed by atoms with Crippen LogP contribution in [0.15, 0.2) is 47.4 Å². The second-order valence-corrected chi connectivity index (χ2v) is 12.5. The maximum atomic E-state index is 12.2. The molecule has 40 heavy (non-hydrogen) atoms. The van der Waals surface area contributed by atoms with E-state index in [4.69, 9.17) is 4.74 Å². The number of rotatable bonds is 8. The van der Waals surface area contributed by atoms with E-state index in [2.05, 4.69) is 53.4 Å². The van der Waals surface area contributed by atoms with Crippen molar-refractivity contribution in [3.63, 3.8) is 0 Å². The van der Waals surface area contributed by atoms with Crippen LogP contribution >= 0.6 is 0 Å². The molecule has 0 unspecified atom stereocenters. The summed E-state index contributed by atoms with van der Waals surface area (Å²) in [4.78, 5) is 20.9. The Hall–Kier alpha value is -3.48. The number of nitrogens with zero attached hydrogens (tertiary/aromatic N) is 6. The van der Waals surface area contributed by atoms with Gasteiger partial charge in [-0.15, -0.1) is 0 Å². The van der Waals surface area contributed by atoms with Gasteiger partial charge < -0.3 is 25.2 Å². The lowest BCUT2D eigenvalue weighted by Crippen LogP contribution is -2.52. The van der Waals surface area contributed by atoms with Crippen molar-refractivity contribution in [3.05, 3.63) is 48.3 Å². The molecule has 2 aromatic carbocycles. The van der Waals surface area contributed by atoms with Crippen LogP contribution in [0.25, 0.3) is 0 Å². The zero-order valence-electron chi connectivity index (χ0n) is 23.6. The maximum Gasteiger partial charge on any atom is 0.232 e. The van der Waals surface area contributed by atoms with E-state index in [1.807, 2.05) is 12.1 Å². The monoisotopic (exact) mass is 566 g/mol. The number of methoxy groups -OCH3 is 1. The molecule has 0 saturated carbocycles. The highest BCUT2D eigenvalue weighted by Gasteiger charge is 2.27. The van der Waals surface area contributed by atoms with Gasteiger partial charge >= 0.3 is 0 Å². The molecule has 5 rings (SSSR count).